The van der Waals surface area contributed by atoms with E-state index in [1.165, 1.54) is 0 Å². The predicted molar refractivity (Wildman–Crippen MR) is 86.7 cm³/mol. The highest BCUT2D eigenvalue weighted by atomic mass is 16.5. The third-order valence-corrected chi connectivity index (χ3v) is 4.67. The fourth-order valence-corrected chi connectivity index (χ4v) is 3.56. The molecule has 0 spiro atoms. The van der Waals surface area contributed by atoms with Gasteiger partial charge >= 0.3 is 0 Å². The van der Waals surface area contributed by atoms with Crippen molar-refractivity contribution in [1.29, 1.82) is 0 Å². The molecule has 1 saturated carbocycles. The quantitative estimate of drug-likeness (QED) is 0.848. The van der Waals surface area contributed by atoms with E-state index in [0.717, 1.165) is 42.1 Å². The van der Waals surface area contributed by atoms with Crippen molar-refractivity contribution < 1.29 is 9.84 Å². The highest BCUT2D eigenvalue weighted by Gasteiger charge is 2.38. The first-order valence-corrected chi connectivity index (χ1v) is 7.84. The van der Waals surface area contributed by atoms with E-state index in [2.05, 4.69) is 4.90 Å². The average Bonchev–Trinajstić information content (AvgIpc) is 2.55. The minimum atomic E-state index is -0.534. The summed E-state index contributed by atoms with van der Waals surface area (Å²) in [6.07, 6.45) is 2.31. The number of hydrogen-bond acceptors (Lipinski definition) is 4. The second kappa shape index (κ2) is 5.30. The molecule has 3 atom stereocenters. The number of ether oxygens (including phenoxy) is 1. The van der Waals surface area contributed by atoms with Gasteiger partial charge in [-0.15, -0.1) is 0 Å². The standard InChI is InChI=1S/C18H20N2O2/c19-12-6-5-9-15(18(12)21)20-13-7-1-3-10-16(13)22-17-11-4-2-8-14(17)20/h1-4,7-8,10-12,15,18,21H,5-6,9,19H2. The Hall–Kier alpha value is -2.04. The summed E-state index contributed by atoms with van der Waals surface area (Å²) in [5, 5.41) is 10.6. The Labute approximate surface area is 130 Å². The Morgan fingerprint density at radius 1 is 0.955 bits per heavy atom. The van der Waals surface area contributed by atoms with Crippen molar-refractivity contribution in [3.63, 3.8) is 0 Å². The van der Waals surface area contributed by atoms with Crippen molar-refractivity contribution in [1.82, 2.24) is 0 Å². The Balaban J connectivity index is 1.84. The molecule has 114 valence electrons. The molecule has 2 aromatic rings. The number of fused-ring (bicyclic) bond motifs is 2. The van der Waals surface area contributed by atoms with Gasteiger partial charge in [-0.2, -0.15) is 0 Å². The molecule has 0 aromatic heterocycles. The van der Waals surface area contributed by atoms with Gasteiger partial charge in [-0.05, 0) is 43.5 Å². The number of nitrogens with two attached hydrogens (primary N) is 1. The minimum absolute atomic E-state index is 0.0186. The summed E-state index contributed by atoms with van der Waals surface area (Å²) in [6.45, 7) is 0. The highest BCUT2D eigenvalue weighted by Crippen LogP contribution is 2.48. The lowest BCUT2D eigenvalue weighted by Crippen LogP contribution is -2.53. The third-order valence-electron chi connectivity index (χ3n) is 4.67. The van der Waals surface area contributed by atoms with Crippen LogP contribution >= 0.6 is 0 Å². The monoisotopic (exact) mass is 296 g/mol. The smallest absolute Gasteiger partial charge is 0.151 e. The maximum atomic E-state index is 10.6. The minimum Gasteiger partial charge on any atom is -0.453 e. The Morgan fingerprint density at radius 3 is 2.18 bits per heavy atom. The number of rotatable bonds is 1. The van der Waals surface area contributed by atoms with Crippen LogP contribution in [-0.4, -0.2) is 23.3 Å². The Morgan fingerprint density at radius 2 is 1.55 bits per heavy atom. The van der Waals surface area contributed by atoms with E-state index < -0.39 is 6.10 Å². The molecule has 2 aromatic carbocycles. The molecule has 3 N–H and O–H groups in total. The molecule has 4 rings (SSSR count). The second-order valence-corrected chi connectivity index (χ2v) is 6.06. The molecular formula is C18H20N2O2. The first-order valence-electron chi connectivity index (χ1n) is 7.84. The van der Waals surface area contributed by atoms with Crippen LogP contribution in [0.4, 0.5) is 11.4 Å². The summed E-state index contributed by atoms with van der Waals surface area (Å²) >= 11 is 0. The van der Waals surface area contributed by atoms with Crippen molar-refractivity contribution in [2.75, 3.05) is 4.90 Å². The van der Waals surface area contributed by atoms with Crippen LogP contribution in [0.2, 0.25) is 0 Å². The number of aliphatic hydroxyl groups excluding tert-OH is 1. The van der Waals surface area contributed by atoms with E-state index in [4.69, 9.17) is 10.5 Å². The van der Waals surface area contributed by atoms with Crippen LogP contribution in [0.25, 0.3) is 0 Å². The van der Waals surface area contributed by atoms with Gasteiger partial charge in [-0.25, -0.2) is 0 Å². The molecule has 1 aliphatic carbocycles. The third kappa shape index (κ3) is 2.07. The lowest BCUT2D eigenvalue weighted by molar-refractivity contribution is 0.0872. The van der Waals surface area contributed by atoms with Crippen molar-refractivity contribution in [3.8, 4) is 11.5 Å². The Bertz CT molecular complexity index is 643. The van der Waals surface area contributed by atoms with Crippen LogP contribution in [0.15, 0.2) is 48.5 Å². The molecule has 4 heteroatoms. The maximum absolute atomic E-state index is 10.6. The van der Waals surface area contributed by atoms with Gasteiger partial charge in [0, 0.05) is 6.04 Å². The summed E-state index contributed by atoms with van der Waals surface area (Å²) in [4.78, 5) is 2.21. The van der Waals surface area contributed by atoms with E-state index >= 15 is 0 Å². The van der Waals surface area contributed by atoms with Crippen molar-refractivity contribution in [2.24, 2.45) is 5.73 Å². The first kappa shape index (κ1) is 13.6. The maximum Gasteiger partial charge on any atom is 0.151 e. The van der Waals surface area contributed by atoms with Gasteiger partial charge in [-0.1, -0.05) is 24.3 Å². The summed E-state index contributed by atoms with van der Waals surface area (Å²) in [6, 6.07) is 15.8. The van der Waals surface area contributed by atoms with Crippen LogP contribution in [-0.2, 0) is 0 Å². The number of aliphatic hydroxyl groups is 1. The molecule has 4 nitrogen and oxygen atoms in total. The zero-order valence-corrected chi connectivity index (χ0v) is 12.4. The lowest BCUT2D eigenvalue weighted by atomic mass is 9.86. The van der Waals surface area contributed by atoms with Crippen LogP contribution in [0.1, 0.15) is 19.3 Å². The zero-order valence-electron chi connectivity index (χ0n) is 12.4. The lowest BCUT2D eigenvalue weighted by Gasteiger charge is -2.44. The van der Waals surface area contributed by atoms with Gasteiger partial charge in [0.1, 0.15) is 0 Å². The molecule has 3 unspecified atom stereocenters. The molecule has 1 heterocycles. The second-order valence-electron chi connectivity index (χ2n) is 6.06. The van der Waals surface area contributed by atoms with E-state index in [9.17, 15) is 5.11 Å². The number of nitrogens with zero attached hydrogens (tertiary/aromatic N) is 1. The van der Waals surface area contributed by atoms with Gasteiger partial charge in [0.05, 0.1) is 23.5 Å². The van der Waals surface area contributed by atoms with Crippen LogP contribution in [0.5, 0.6) is 11.5 Å². The Kier molecular flexibility index (Phi) is 3.28. The molecular weight excluding hydrogens is 276 g/mol. The van der Waals surface area contributed by atoms with Crippen LogP contribution in [0, 0.1) is 0 Å². The topological polar surface area (TPSA) is 58.7 Å². The number of anilines is 2. The molecule has 0 saturated heterocycles. The molecule has 0 radical (unpaired) electrons. The molecule has 0 amide bonds. The number of benzene rings is 2. The highest BCUT2D eigenvalue weighted by molar-refractivity contribution is 5.78. The number of hydrogen-bond donors (Lipinski definition) is 2. The molecule has 0 bridgehead atoms. The molecule has 1 aliphatic heterocycles. The van der Waals surface area contributed by atoms with Gasteiger partial charge in [0.25, 0.3) is 0 Å². The largest absolute Gasteiger partial charge is 0.453 e. The van der Waals surface area contributed by atoms with Gasteiger partial charge in [0.2, 0.25) is 0 Å². The van der Waals surface area contributed by atoms with E-state index in [0.29, 0.717) is 0 Å². The fourth-order valence-electron chi connectivity index (χ4n) is 3.56. The molecule has 22 heavy (non-hydrogen) atoms. The van der Waals surface area contributed by atoms with E-state index in [1.54, 1.807) is 0 Å². The van der Waals surface area contributed by atoms with Crippen molar-refractivity contribution in [2.45, 2.75) is 37.5 Å². The fraction of sp³-hybridized carbons (Fsp3) is 0.333. The normalized spacial score (nSPS) is 26.8. The van der Waals surface area contributed by atoms with E-state index in [1.807, 2.05) is 48.5 Å². The van der Waals surface area contributed by atoms with Gasteiger partial charge < -0.3 is 20.5 Å². The van der Waals surface area contributed by atoms with Crippen molar-refractivity contribution >= 4 is 11.4 Å². The zero-order chi connectivity index (χ0) is 15.1. The molecule has 1 fully saturated rings. The summed E-state index contributed by atoms with van der Waals surface area (Å²) in [7, 11) is 0. The average molecular weight is 296 g/mol. The number of para-hydroxylation sites is 4. The first-order chi connectivity index (χ1) is 10.8. The van der Waals surface area contributed by atoms with Crippen molar-refractivity contribution in [3.05, 3.63) is 48.5 Å². The SMILES string of the molecule is NC1CCCC(N2c3ccccc3Oc3ccccc32)C1O. The van der Waals surface area contributed by atoms with Gasteiger partial charge in [0.15, 0.2) is 11.5 Å². The predicted octanol–water partition coefficient (Wildman–Crippen LogP) is 3.17. The summed E-state index contributed by atoms with van der Waals surface area (Å²) in [5.74, 6) is 1.65. The van der Waals surface area contributed by atoms with Crippen LogP contribution < -0.4 is 15.4 Å². The summed E-state index contributed by atoms with van der Waals surface area (Å²) in [5.41, 5.74) is 8.11. The van der Waals surface area contributed by atoms with Gasteiger partial charge in [-0.3, -0.25) is 0 Å². The molecule has 2 aliphatic rings. The summed E-state index contributed by atoms with van der Waals surface area (Å²) < 4.78 is 6.01. The van der Waals surface area contributed by atoms with Crippen LogP contribution in [0.3, 0.4) is 0 Å². The van der Waals surface area contributed by atoms with E-state index in [-0.39, 0.29) is 12.1 Å².